The van der Waals surface area contributed by atoms with Gasteiger partial charge < -0.3 is 5.32 Å². The first-order valence-electron chi connectivity index (χ1n) is 5.52. The molecule has 2 rings (SSSR count). The molecule has 19 heavy (non-hydrogen) atoms. The SMILES string of the molecule is O=C(Nc1ccccc1CBr)c1ccc(F)cc1Br. The molecule has 0 saturated heterocycles. The summed E-state index contributed by atoms with van der Waals surface area (Å²) in [4.78, 5) is 12.1. The number of anilines is 1. The molecule has 0 atom stereocenters. The maximum absolute atomic E-state index is 13.0. The Morgan fingerprint density at radius 3 is 2.63 bits per heavy atom. The van der Waals surface area contributed by atoms with Crippen LogP contribution in [0.25, 0.3) is 0 Å². The minimum Gasteiger partial charge on any atom is -0.322 e. The molecule has 0 aromatic heterocycles. The third kappa shape index (κ3) is 3.42. The Morgan fingerprint density at radius 2 is 1.95 bits per heavy atom. The zero-order valence-electron chi connectivity index (χ0n) is 9.79. The van der Waals surface area contributed by atoms with Crippen molar-refractivity contribution >= 4 is 43.5 Å². The molecule has 5 heteroatoms. The Kier molecular flexibility index (Phi) is 4.71. The normalized spacial score (nSPS) is 10.3. The van der Waals surface area contributed by atoms with Gasteiger partial charge in [-0.2, -0.15) is 0 Å². The lowest BCUT2D eigenvalue weighted by Crippen LogP contribution is -2.13. The highest BCUT2D eigenvalue weighted by Gasteiger charge is 2.12. The Hall–Kier alpha value is -1.20. The summed E-state index contributed by atoms with van der Waals surface area (Å²) >= 11 is 6.55. The van der Waals surface area contributed by atoms with Gasteiger partial charge in [0.05, 0.1) is 5.56 Å². The quantitative estimate of drug-likeness (QED) is 0.758. The van der Waals surface area contributed by atoms with Crippen LogP contribution in [-0.2, 0) is 5.33 Å². The molecule has 2 aromatic rings. The third-order valence-corrected chi connectivity index (χ3v) is 3.85. The maximum atomic E-state index is 13.0. The van der Waals surface area contributed by atoms with Gasteiger partial charge in [0, 0.05) is 15.5 Å². The number of nitrogens with one attached hydrogen (secondary N) is 1. The summed E-state index contributed by atoms with van der Waals surface area (Å²) < 4.78 is 13.4. The van der Waals surface area contributed by atoms with Crippen molar-refractivity contribution in [1.82, 2.24) is 0 Å². The van der Waals surface area contributed by atoms with E-state index in [9.17, 15) is 9.18 Å². The van der Waals surface area contributed by atoms with Crippen molar-refractivity contribution in [2.24, 2.45) is 0 Å². The van der Waals surface area contributed by atoms with Crippen LogP contribution < -0.4 is 5.32 Å². The van der Waals surface area contributed by atoms with E-state index in [1.165, 1.54) is 18.2 Å². The topological polar surface area (TPSA) is 29.1 Å². The summed E-state index contributed by atoms with van der Waals surface area (Å²) in [5.74, 6) is -0.662. The van der Waals surface area contributed by atoms with Crippen molar-refractivity contribution in [2.45, 2.75) is 5.33 Å². The lowest BCUT2D eigenvalue weighted by molar-refractivity contribution is 0.102. The lowest BCUT2D eigenvalue weighted by atomic mass is 10.1. The summed E-state index contributed by atoms with van der Waals surface area (Å²) in [6.07, 6.45) is 0. The van der Waals surface area contributed by atoms with Gasteiger partial charge in [-0.3, -0.25) is 4.79 Å². The fourth-order valence-corrected chi connectivity index (χ4v) is 2.64. The Labute approximate surface area is 127 Å². The summed E-state index contributed by atoms with van der Waals surface area (Å²) in [5, 5.41) is 3.46. The average Bonchev–Trinajstić information content (AvgIpc) is 2.39. The number of rotatable bonds is 3. The molecule has 0 bridgehead atoms. The number of halogens is 3. The number of carbonyl (C=O) groups is 1. The molecule has 98 valence electrons. The van der Waals surface area contributed by atoms with Gasteiger partial charge in [-0.15, -0.1) is 0 Å². The second-order valence-corrected chi connectivity index (χ2v) is 5.28. The van der Waals surface area contributed by atoms with Gasteiger partial charge in [-0.05, 0) is 45.8 Å². The van der Waals surface area contributed by atoms with Crippen LogP contribution in [0.5, 0.6) is 0 Å². The molecule has 0 radical (unpaired) electrons. The van der Waals surface area contributed by atoms with E-state index < -0.39 is 0 Å². The molecule has 2 nitrogen and oxygen atoms in total. The average molecular weight is 387 g/mol. The summed E-state index contributed by atoms with van der Waals surface area (Å²) in [6, 6.07) is 11.5. The molecule has 0 heterocycles. The molecular weight excluding hydrogens is 377 g/mol. The summed E-state index contributed by atoms with van der Waals surface area (Å²) in [5.41, 5.74) is 2.11. The highest BCUT2D eigenvalue weighted by Crippen LogP contribution is 2.22. The predicted molar refractivity (Wildman–Crippen MR) is 81.1 cm³/mol. The molecule has 1 N–H and O–H groups in total. The number of benzene rings is 2. The van der Waals surface area contributed by atoms with E-state index >= 15 is 0 Å². The standard InChI is InChI=1S/C14H10Br2FNO/c15-8-9-3-1-2-4-13(9)18-14(19)11-6-5-10(17)7-12(11)16/h1-7H,8H2,(H,18,19). The monoisotopic (exact) mass is 385 g/mol. The van der Waals surface area contributed by atoms with Crippen molar-refractivity contribution < 1.29 is 9.18 Å². The first-order chi connectivity index (χ1) is 9.11. The van der Waals surface area contributed by atoms with Crippen LogP contribution in [-0.4, -0.2) is 5.91 Å². The molecule has 0 aliphatic carbocycles. The highest BCUT2D eigenvalue weighted by molar-refractivity contribution is 9.10. The first-order valence-corrected chi connectivity index (χ1v) is 7.43. The van der Waals surface area contributed by atoms with Crippen LogP contribution >= 0.6 is 31.9 Å². The zero-order chi connectivity index (χ0) is 13.8. The fraction of sp³-hybridized carbons (Fsp3) is 0.0714. The van der Waals surface area contributed by atoms with Crippen LogP contribution in [0.2, 0.25) is 0 Å². The third-order valence-electron chi connectivity index (χ3n) is 2.59. The maximum Gasteiger partial charge on any atom is 0.256 e. The second-order valence-electron chi connectivity index (χ2n) is 3.87. The van der Waals surface area contributed by atoms with Gasteiger partial charge >= 0.3 is 0 Å². The van der Waals surface area contributed by atoms with Gasteiger partial charge in [-0.25, -0.2) is 4.39 Å². The number of para-hydroxylation sites is 1. The molecule has 0 fully saturated rings. The van der Waals surface area contributed by atoms with Gasteiger partial charge in [0.25, 0.3) is 5.91 Å². The van der Waals surface area contributed by atoms with Crippen LogP contribution in [0.1, 0.15) is 15.9 Å². The van der Waals surface area contributed by atoms with E-state index in [2.05, 4.69) is 37.2 Å². The number of carbonyl (C=O) groups excluding carboxylic acids is 1. The number of hydrogen-bond acceptors (Lipinski definition) is 1. The molecule has 0 aliphatic rings. The van der Waals surface area contributed by atoms with Crippen LogP contribution in [0.4, 0.5) is 10.1 Å². The molecule has 0 saturated carbocycles. The van der Waals surface area contributed by atoms with E-state index in [0.717, 1.165) is 11.3 Å². The van der Waals surface area contributed by atoms with Crippen molar-refractivity contribution in [1.29, 1.82) is 0 Å². The van der Waals surface area contributed by atoms with Crippen molar-refractivity contribution in [3.63, 3.8) is 0 Å². The van der Waals surface area contributed by atoms with Crippen molar-refractivity contribution in [3.8, 4) is 0 Å². The zero-order valence-corrected chi connectivity index (χ0v) is 13.0. The number of hydrogen-bond donors (Lipinski definition) is 1. The van der Waals surface area contributed by atoms with Gasteiger partial charge in [0.15, 0.2) is 0 Å². The van der Waals surface area contributed by atoms with Gasteiger partial charge in [-0.1, -0.05) is 34.1 Å². The van der Waals surface area contributed by atoms with E-state index in [0.29, 0.717) is 15.4 Å². The molecular formula is C14H10Br2FNO. The lowest BCUT2D eigenvalue weighted by Gasteiger charge is -2.10. The van der Waals surface area contributed by atoms with E-state index in [-0.39, 0.29) is 11.7 Å². The largest absolute Gasteiger partial charge is 0.322 e. The first kappa shape index (κ1) is 14.2. The van der Waals surface area contributed by atoms with Crippen molar-refractivity contribution in [2.75, 3.05) is 5.32 Å². The minimum atomic E-state index is -0.385. The Balaban J connectivity index is 2.26. The van der Waals surface area contributed by atoms with Crippen LogP contribution in [0, 0.1) is 5.82 Å². The van der Waals surface area contributed by atoms with E-state index in [1.54, 1.807) is 0 Å². The molecule has 1 amide bonds. The number of alkyl halides is 1. The molecule has 0 aliphatic heterocycles. The number of amides is 1. The highest BCUT2D eigenvalue weighted by atomic mass is 79.9. The van der Waals surface area contributed by atoms with E-state index in [1.807, 2.05) is 24.3 Å². The summed E-state index contributed by atoms with van der Waals surface area (Å²) in [7, 11) is 0. The van der Waals surface area contributed by atoms with Gasteiger partial charge in [0.2, 0.25) is 0 Å². The Morgan fingerprint density at radius 1 is 1.21 bits per heavy atom. The van der Waals surface area contributed by atoms with Crippen molar-refractivity contribution in [3.05, 3.63) is 63.9 Å². The van der Waals surface area contributed by atoms with Crippen LogP contribution in [0.15, 0.2) is 46.9 Å². The van der Waals surface area contributed by atoms with Gasteiger partial charge in [0.1, 0.15) is 5.82 Å². The smallest absolute Gasteiger partial charge is 0.256 e. The molecule has 0 spiro atoms. The molecule has 0 unspecified atom stereocenters. The van der Waals surface area contributed by atoms with E-state index in [4.69, 9.17) is 0 Å². The molecule has 2 aromatic carbocycles. The fourth-order valence-electron chi connectivity index (χ4n) is 1.62. The predicted octanol–water partition coefficient (Wildman–Crippen LogP) is 4.74. The Bertz CT molecular complexity index is 616. The second kappa shape index (κ2) is 6.30. The minimum absolute atomic E-state index is 0.278. The van der Waals surface area contributed by atoms with Crippen LogP contribution in [0.3, 0.4) is 0 Å². The summed E-state index contributed by atoms with van der Waals surface area (Å²) in [6.45, 7) is 0.